The molecule has 0 saturated heterocycles. The average molecular weight is 316 g/mol. The third-order valence-corrected chi connectivity index (χ3v) is 4.76. The van der Waals surface area contributed by atoms with Crippen molar-refractivity contribution in [3.8, 4) is 0 Å². The molecule has 21 heavy (non-hydrogen) atoms. The first-order valence-corrected chi connectivity index (χ1v) is 8.13. The number of benzene rings is 1. The smallest absolute Gasteiger partial charge is 0.142 e. The maximum absolute atomic E-state index is 13.6. The van der Waals surface area contributed by atoms with Gasteiger partial charge in [-0.05, 0) is 43.9 Å². The number of hydrogen-bond acceptors (Lipinski definition) is 2. The summed E-state index contributed by atoms with van der Waals surface area (Å²) in [6.07, 6.45) is 3.50. The number of methoxy groups -OCH3 is 1. The normalized spacial score (nSPS) is 13.4. The Balaban J connectivity index is 3.04. The molecular weight excluding hydrogens is 289 g/mol. The van der Waals surface area contributed by atoms with Gasteiger partial charge in [-0.2, -0.15) is 0 Å². The topological polar surface area (TPSA) is 21.3 Å². The Morgan fingerprint density at radius 2 is 1.95 bits per heavy atom. The molecule has 2 nitrogen and oxygen atoms in total. The fraction of sp³-hybridized carbons (Fsp3) is 0.647. The van der Waals surface area contributed by atoms with Gasteiger partial charge in [-0.25, -0.2) is 4.39 Å². The molecule has 0 aliphatic heterocycles. The maximum atomic E-state index is 13.6. The standard InChI is InChI=1S/C17H27ClFNO/c1-5-11-20-15(17(6-2,7-3)21-4)12-13-9-8-10-14(19)16(13)18/h8-10,15,20H,5-7,11-12H2,1-4H3. The van der Waals surface area contributed by atoms with E-state index in [1.807, 2.05) is 6.07 Å². The second-order valence-electron chi connectivity index (χ2n) is 5.40. The lowest BCUT2D eigenvalue weighted by Crippen LogP contribution is -2.53. The SMILES string of the molecule is CCCNC(Cc1cccc(F)c1Cl)C(CC)(CC)OC. The minimum absolute atomic E-state index is 0.108. The molecule has 1 unspecified atom stereocenters. The van der Waals surface area contributed by atoms with Crippen molar-refractivity contribution < 1.29 is 9.13 Å². The highest BCUT2D eigenvalue weighted by atomic mass is 35.5. The molecule has 0 radical (unpaired) electrons. The molecular formula is C17H27ClFNO. The molecule has 1 aromatic carbocycles. The molecule has 0 aliphatic rings. The van der Waals surface area contributed by atoms with Gasteiger partial charge >= 0.3 is 0 Å². The van der Waals surface area contributed by atoms with Crippen LogP contribution in [0.1, 0.15) is 45.6 Å². The monoisotopic (exact) mass is 315 g/mol. The van der Waals surface area contributed by atoms with Crippen molar-refractivity contribution in [3.05, 3.63) is 34.6 Å². The lowest BCUT2D eigenvalue weighted by Gasteiger charge is -2.39. The van der Waals surface area contributed by atoms with Gasteiger partial charge < -0.3 is 10.1 Å². The van der Waals surface area contributed by atoms with Crippen LogP contribution in [-0.4, -0.2) is 25.3 Å². The van der Waals surface area contributed by atoms with Gasteiger partial charge in [0.25, 0.3) is 0 Å². The number of hydrogen-bond donors (Lipinski definition) is 1. The van der Waals surface area contributed by atoms with Crippen molar-refractivity contribution in [3.63, 3.8) is 0 Å². The van der Waals surface area contributed by atoms with E-state index in [-0.39, 0.29) is 22.5 Å². The van der Waals surface area contributed by atoms with Crippen LogP contribution in [0.3, 0.4) is 0 Å². The van der Waals surface area contributed by atoms with E-state index in [0.717, 1.165) is 31.4 Å². The van der Waals surface area contributed by atoms with Gasteiger partial charge in [0.15, 0.2) is 0 Å². The zero-order chi connectivity index (χ0) is 15.9. The first-order chi connectivity index (χ1) is 10.0. The Kier molecular flexibility index (Phi) is 7.64. The van der Waals surface area contributed by atoms with Gasteiger partial charge in [0, 0.05) is 13.2 Å². The maximum Gasteiger partial charge on any atom is 0.142 e. The van der Waals surface area contributed by atoms with E-state index in [4.69, 9.17) is 16.3 Å². The van der Waals surface area contributed by atoms with E-state index >= 15 is 0 Å². The average Bonchev–Trinajstić information content (AvgIpc) is 2.51. The lowest BCUT2D eigenvalue weighted by atomic mass is 9.84. The molecule has 1 rings (SSSR count). The molecule has 0 fully saturated rings. The highest BCUT2D eigenvalue weighted by molar-refractivity contribution is 6.31. The van der Waals surface area contributed by atoms with E-state index in [1.54, 1.807) is 13.2 Å². The summed E-state index contributed by atoms with van der Waals surface area (Å²) in [6.45, 7) is 7.29. The van der Waals surface area contributed by atoms with Crippen LogP contribution in [0.25, 0.3) is 0 Å². The number of nitrogens with one attached hydrogen (secondary N) is 1. The van der Waals surface area contributed by atoms with Crippen LogP contribution < -0.4 is 5.32 Å². The highest BCUT2D eigenvalue weighted by Gasteiger charge is 2.35. The van der Waals surface area contributed by atoms with Crippen molar-refractivity contribution in [2.45, 2.75) is 58.1 Å². The largest absolute Gasteiger partial charge is 0.377 e. The first-order valence-electron chi connectivity index (χ1n) is 7.76. The molecule has 1 aromatic rings. The molecule has 120 valence electrons. The van der Waals surface area contributed by atoms with E-state index < -0.39 is 0 Å². The Labute approximate surface area is 133 Å². The predicted octanol–water partition coefficient (Wildman–Crippen LogP) is 4.60. The van der Waals surface area contributed by atoms with E-state index in [1.165, 1.54) is 6.07 Å². The summed E-state index contributed by atoms with van der Waals surface area (Å²) in [5, 5.41) is 3.77. The molecule has 1 N–H and O–H groups in total. The molecule has 0 saturated carbocycles. The number of rotatable bonds is 9. The van der Waals surface area contributed by atoms with Gasteiger partial charge in [-0.3, -0.25) is 0 Å². The van der Waals surface area contributed by atoms with Crippen LogP contribution in [-0.2, 0) is 11.2 Å². The predicted molar refractivity (Wildman–Crippen MR) is 87.5 cm³/mol. The van der Waals surface area contributed by atoms with Crippen LogP contribution in [0.2, 0.25) is 5.02 Å². The molecule has 4 heteroatoms. The van der Waals surface area contributed by atoms with Crippen LogP contribution in [0.4, 0.5) is 4.39 Å². The molecule has 0 aliphatic carbocycles. The quantitative estimate of drug-likeness (QED) is 0.719. The van der Waals surface area contributed by atoms with Gasteiger partial charge in [0.2, 0.25) is 0 Å². The fourth-order valence-corrected chi connectivity index (χ4v) is 3.07. The minimum atomic E-state index is -0.362. The summed E-state index contributed by atoms with van der Waals surface area (Å²) in [4.78, 5) is 0. The van der Waals surface area contributed by atoms with Crippen LogP contribution in [0.15, 0.2) is 18.2 Å². The third-order valence-electron chi connectivity index (χ3n) is 4.33. The highest BCUT2D eigenvalue weighted by Crippen LogP contribution is 2.29. The van der Waals surface area contributed by atoms with Crippen molar-refractivity contribution in [1.82, 2.24) is 5.32 Å². The summed E-state index contributed by atoms with van der Waals surface area (Å²) in [5.41, 5.74) is 0.568. The minimum Gasteiger partial charge on any atom is -0.377 e. The Bertz CT molecular complexity index is 427. The van der Waals surface area contributed by atoms with Crippen molar-refractivity contribution in [2.75, 3.05) is 13.7 Å². The molecule has 0 spiro atoms. The summed E-state index contributed by atoms with van der Waals surface area (Å²) in [5.74, 6) is -0.362. The van der Waals surface area contributed by atoms with Gasteiger partial charge in [-0.15, -0.1) is 0 Å². The summed E-state index contributed by atoms with van der Waals surface area (Å²) in [6, 6.07) is 5.10. The van der Waals surface area contributed by atoms with Crippen molar-refractivity contribution in [1.29, 1.82) is 0 Å². The summed E-state index contributed by atoms with van der Waals surface area (Å²) in [7, 11) is 1.75. The van der Waals surface area contributed by atoms with E-state index in [2.05, 4.69) is 26.1 Å². The molecule has 1 atom stereocenters. The summed E-state index contributed by atoms with van der Waals surface area (Å²) < 4.78 is 19.5. The van der Waals surface area contributed by atoms with Crippen LogP contribution >= 0.6 is 11.6 Å². The van der Waals surface area contributed by atoms with Gasteiger partial charge in [-0.1, -0.05) is 44.5 Å². The zero-order valence-corrected chi connectivity index (χ0v) is 14.3. The van der Waals surface area contributed by atoms with Crippen LogP contribution in [0.5, 0.6) is 0 Å². The lowest BCUT2D eigenvalue weighted by molar-refractivity contribution is -0.0471. The van der Waals surface area contributed by atoms with E-state index in [0.29, 0.717) is 6.42 Å². The molecule has 0 amide bonds. The Hall–Kier alpha value is -0.640. The van der Waals surface area contributed by atoms with Crippen molar-refractivity contribution in [2.24, 2.45) is 0 Å². The molecule has 0 aromatic heterocycles. The van der Waals surface area contributed by atoms with Gasteiger partial charge in [0.05, 0.1) is 10.6 Å². The van der Waals surface area contributed by atoms with Crippen molar-refractivity contribution >= 4 is 11.6 Å². The molecule has 0 heterocycles. The number of halogens is 2. The zero-order valence-electron chi connectivity index (χ0n) is 13.5. The number of ether oxygens (including phenoxy) is 1. The second kappa shape index (κ2) is 8.72. The third kappa shape index (κ3) is 4.41. The van der Waals surface area contributed by atoms with E-state index in [9.17, 15) is 4.39 Å². The summed E-state index contributed by atoms with van der Waals surface area (Å²) >= 11 is 6.11. The fourth-order valence-electron chi connectivity index (χ4n) is 2.86. The van der Waals surface area contributed by atoms with Gasteiger partial charge in [0.1, 0.15) is 5.82 Å². The first kappa shape index (κ1) is 18.4. The Morgan fingerprint density at radius 3 is 2.48 bits per heavy atom. The van der Waals surface area contributed by atoms with Crippen LogP contribution in [0, 0.1) is 5.82 Å². The molecule has 0 bridgehead atoms. The second-order valence-corrected chi connectivity index (χ2v) is 5.78. The Morgan fingerprint density at radius 1 is 1.29 bits per heavy atom.